The number of likely N-dealkylation sites (tertiary alicyclic amines) is 1. The van der Waals surface area contributed by atoms with Gasteiger partial charge in [-0.2, -0.15) is 0 Å². The lowest BCUT2D eigenvalue weighted by atomic mass is 10.0. The van der Waals surface area contributed by atoms with E-state index in [9.17, 15) is 9.90 Å². The lowest BCUT2D eigenvalue weighted by molar-refractivity contribution is 0.0682. The van der Waals surface area contributed by atoms with Crippen molar-refractivity contribution in [1.29, 1.82) is 0 Å². The molecule has 20 heavy (non-hydrogen) atoms. The highest BCUT2D eigenvalue weighted by Crippen LogP contribution is 2.27. The number of benzene rings is 1. The zero-order chi connectivity index (χ0) is 14.1. The summed E-state index contributed by atoms with van der Waals surface area (Å²) in [7, 11) is 0. The maximum atomic E-state index is 12.7. The fraction of sp³-hybridized carbons (Fsp3) is 0.588. The molecule has 1 N–H and O–H groups in total. The van der Waals surface area contributed by atoms with Gasteiger partial charge in [-0.05, 0) is 68.7 Å². The first-order chi connectivity index (χ1) is 9.65. The lowest BCUT2D eigenvalue weighted by Crippen LogP contribution is -2.37. The number of carbonyl (C=O) groups excluding carboxylic acids is 1. The largest absolute Gasteiger partial charge is 0.393 e. The number of carbonyl (C=O) groups is 1. The van der Waals surface area contributed by atoms with Crippen LogP contribution in [0.15, 0.2) is 18.2 Å². The Bertz CT molecular complexity index is 510. The number of aliphatic hydroxyl groups is 1. The quantitative estimate of drug-likeness (QED) is 0.919. The molecule has 1 aliphatic heterocycles. The van der Waals surface area contributed by atoms with Crippen LogP contribution < -0.4 is 0 Å². The molecule has 2 atom stereocenters. The monoisotopic (exact) mass is 273 g/mol. The highest BCUT2D eigenvalue weighted by Gasteiger charge is 2.30. The molecule has 1 aromatic rings. The third-order valence-corrected chi connectivity index (χ3v) is 4.60. The third-order valence-electron chi connectivity index (χ3n) is 4.60. The van der Waals surface area contributed by atoms with Gasteiger partial charge in [-0.25, -0.2) is 0 Å². The van der Waals surface area contributed by atoms with Crippen LogP contribution in [-0.4, -0.2) is 34.6 Å². The van der Waals surface area contributed by atoms with Crippen molar-refractivity contribution in [1.82, 2.24) is 4.90 Å². The van der Waals surface area contributed by atoms with E-state index in [0.29, 0.717) is 6.42 Å². The van der Waals surface area contributed by atoms with E-state index in [0.717, 1.165) is 37.8 Å². The average molecular weight is 273 g/mol. The summed E-state index contributed by atoms with van der Waals surface area (Å²) in [6, 6.07) is 6.39. The van der Waals surface area contributed by atoms with E-state index >= 15 is 0 Å². The SMILES string of the molecule is CC(O)CC1CCCN1C(=O)c1ccc2c(c1)CCC2. The summed E-state index contributed by atoms with van der Waals surface area (Å²) < 4.78 is 0. The number of aliphatic hydroxyl groups excluding tert-OH is 1. The molecule has 108 valence electrons. The van der Waals surface area contributed by atoms with Crippen LogP contribution in [0.1, 0.15) is 54.1 Å². The lowest BCUT2D eigenvalue weighted by Gasteiger charge is -2.26. The minimum atomic E-state index is -0.339. The first-order valence-electron chi connectivity index (χ1n) is 7.76. The predicted molar refractivity (Wildman–Crippen MR) is 78.8 cm³/mol. The molecule has 0 radical (unpaired) electrons. The Balaban J connectivity index is 1.78. The Labute approximate surface area is 120 Å². The molecule has 0 bridgehead atoms. The van der Waals surface area contributed by atoms with Gasteiger partial charge in [0.1, 0.15) is 0 Å². The van der Waals surface area contributed by atoms with Crippen LogP contribution in [0.25, 0.3) is 0 Å². The Morgan fingerprint density at radius 3 is 2.95 bits per heavy atom. The molecule has 2 aliphatic rings. The molecule has 3 nitrogen and oxygen atoms in total. The highest BCUT2D eigenvalue weighted by atomic mass is 16.3. The number of aryl methyl sites for hydroxylation is 2. The minimum absolute atomic E-state index is 0.142. The van der Waals surface area contributed by atoms with Crippen molar-refractivity contribution in [3.05, 3.63) is 34.9 Å². The van der Waals surface area contributed by atoms with Crippen LogP contribution in [-0.2, 0) is 12.8 Å². The molecular weight excluding hydrogens is 250 g/mol. The van der Waals surface area contributed by atoms with Crippen molar-refractivity contribution in [2.24, 2.45) is 0 Å². The molecule has 1 fully saturated rings. The van der Waals surface area contributed by atoms with E-state index in [1.165, 1.54) is 17.5 Å². The van der Waals surface area contributed by atoms with Crippen molar-refractivity contribution in [2.45, 2.75) is 57.6 Å². The van der Waals surface area contributed by atoms with Crippen LogP contribution in [0.5, 0.6) is 0 Å². The van der Waals surface area contributed by atoms with Gasteiger partial charge >= 0.3 is 0 Å². The van der Waals surface area contributed by atoms with E-state index in [1.807, 2.05) is 11.0 Å². The molecule has 0 spiro atoms. The standard InChI is InChI=1S/C17H23NO2/c1-12(19)10-16-6-3-9-18(16)17(20)15-8-7-13-4-2-5-14(13)11-15/h7-8,11-12,16,19H,2-6,9-10H2,1H3. The molecule has 0 saturated carbocycles. The van der Waals surface area contributed by atoms with E-state index in [-0.39, 0.29) is 18.1 Å². The Morgan fingerprint density at radius 2 is 2.15 bits per heavy atom. The number of amides is 1. The van der Waals surface area contributed by atoms with Crippen LogP contribution in [0.3, 0.4) is 0 Å². The van der Waals surface area contributed by atoms with E-state index in [2.05, 4.69) is 12.1 Å². The summed E-state index contributed by atoms with van der Waals surface area (Å²) in [5.41, 5.74) is 3.58. The molecular formula is C17H23NO2. The van der Waals surface area contributed by atoms with Crippen molar-refractivity contribution < 1.29 is 9.90 Å². The summed E-state index contributed by atoms with van der Waals surface area (Å²) in [5.74, 6) is 0.142. The third kappa shape index (κ3) is 2.59. The second kappa shape index (κ2) is 5.57. The second-order valence-corrected chi connectivity index (χ2v) is 6.22. The van der Waals surface area contributed by atoms with Crippen molar-refractivity contribution in [3.63, 3.8) is 0 Å². The van der Waals surface area contributed by atoms with Gasteiger partial charge in [0.15, 0.2) is 0 Å². The van der Waals surface area contributed by atoms with Gasteiger partial charge in [0.2, 0.25) is 0 Å². The van der Waals surface area contributed by atoms with E-state index < -0.39 is 0 Å². The van der Waals surface area contributed by atoms with E-state index in [1.54, 1.807) is 6.92 Å². The molecule has 1 aliphatic carbocycles. The molecule has 1 heterocycles. The smallest absolute Gasteiger partial charge is 0.254 e. The number of nitrogens with zero attached hydrogens (tertiary/aromatic N) is 1. The fourth-order valence-electron chi connectivity index (χ4n) is 3.61. The first kappa shape index (κ1) is 13.6. The van der Waals surface area contributed by atoms with Gasteiger partial charge in [0, 0.05) is 18.2 Å². The number of hydrogen-bond donors (Lipinski definition) is 1. The number of rotatable bonds is 3. The van der Waals surface area contributed by atoms with Gasteiger partial charge < -0.3 is 10.0 Å². The zero-order valence-corrected chi connectivity index (χ0v) is 12.1. The van der Waals surface area contributed by atoms with Crippen molar-refractivity contribution in [2.75, 3.05) is 6.54 Å². The Kier molecular flexibility index (Phi) is 3.79. The molecule has 1 amide bonds. The first-order valence-corrected chi connectivity index (χ1v) is 7.76. The van der Waals surface area contributed by atoms with E-state index in [4.69, 9.17) is 0 Å². The van der Waals surface area contributed by atoms with Crippen LogP contribution in [0.4, 0.5) is 0 Å². The average Bonchev–Trinajstić information content (AvgIpc) is 3.04. The van der Waals surface area contributed by atoms with Crippen LogP contribution in [0, 0.1) is 0 Å². The summed E-state index contributed by atoms with van der Waals surface area (Å²) in [5, 5.41) is 9.57. The summed E-state index contributed by atoms with van der Waals surface area (Å²) in [4.78, 5) is 14.6. The Hall–Kier alpha value is -1.35. The van der Waals surface area contributed by atoms with Crippen molar-refractivity contribution in [3.8, 4) is 0 Å². The maximum absolute atomic E-state index is 12.7. The zero-order valence-electron chi connectivity index (χ0n) is 12.1. The predicted octanol–water partition coefficient (Wildman–Crippen LogP) is 2.55. The van der Waals surface area contributed by atoms with Gasteiger partial charge in [-0.1, -0.05) is 6.07 Å². The van der Waals surface area contributed by atoms with Gasteiger partial charge in [-0.15, -0.1) is 0 Å². The number of fused-ring (bicyclic) bond motifs is 1. The molecule has 1 aromatic carbocycles. The Morgan fingerprint density at radius 1 is 1.35 bits per heavy atom. The minimum Gasteiger partial charge on any atom is -0.393 e. The van der Waals surface area contributed by atoms with Crippen molar-refractivity contribution >= 4 is 5.91 Å². The molecule has 2 unspecified atom stereocenters. The molecule has 1 saturated heterocycles. The van der Waals surface area contributed by atoms with Gasteiger partial charge in [0.25, 0.3) is 5.91 Å². The highest BCUT2D eigenvalue weighted by molar-refractivity contribution is 5.95. The normalized spacial score (nSPS) is 22.9. The fourth-order valence-corrected chi connectivity index (χ4v) is 3.61. The maximum Gasteiger partial charge on any atom is 0.254 e. The summed E-state index contributed by atoms with van der Waals surface area (Å²) in [6.07, 6.45) is 5.88. The molecule has 3 heteroatoms. The van der Waals surface area contributed by atoms with Crippen LogP contribution >= 0.6 is 0 Å². The molecule has 3 rings (SSSR count). The van der Waals surface area contributed by atoms with Gasteiger partial charge in [0.05, 0.1) is 6.10 Å². The summed E-state index contributed by atoms with van der Waals surface area (Å²) >= 11 is 0. The topological polar surface area (TPSA) is 40.5 Å². The van der Waals surface area contributed by atoms with Gasteiger partial charge in [-0.3, -0.25) is 4.79 Å². The summed E-state index contributed by atoms with van der Waals surface area (Å²) in [6.45, 7) is 2.63. The number of hydrogen-bond acceptors (Lipinski definition) is 2. The molecule has 0 aromatic heterocycles. The van der Waals surface area contributed by atoms with Crippen LogP contribution in [0.2, 0.25) is 0 Å². The second-order valence-electron chi connectivity index (χ2n) is 6.22.